The van der Waals surface area contributed by atoms with Crippen molar-refractivity contribution in [3.63, 3.8) is 0 Å². The molecule has 0 aromatic heterocycles. The summed E-state index contributed by atoms with van der Waals surface area (Å²) in [6.07, 6.45) is 3.25. The molecular weight excluding hydrogens is 259 g/mol. The topological polar surface area (TPSA) is 43.8 Å². The van der Waals surface area contributed by atoms with Crippen LogP contribution in [0, 0.1) is 5.82 Å². The van der Waals surface area contributed by atoms with Crippen LogP contribution in [0.2, 0.25) is 0 Å². The number of hydrogen-bond donors (Lipinski definition) is 1. The van der Waals surface area contributed by atoms with Crippen molar-refractivity contribution in [3.05, 3.63) is 29.6 Å². The van der Waals surface area contributed by atoms with Crippen LogP contribution in [0.25, 0.3) is 0 Å². The molecule has 0 bridgehead atoms. The van der Waals surface area contributed by atoms with Crippen LogP contribution in [0.3, 0.4) is 0 Å². The molecule has 2 fully saturated rings. The molecule has 20 heavy (non-hydrogen) atoms. The van der Waals surface area contributed by atoms with Gasteiger partial charge in [0.15, 0.2) is 0 Å². The number of fused-ring (bicyclic) bond motifs is 1. The minimum absolute atomic E-state index is 0.0662. The first kappa shape index (κ1) is 13.4. The Balaban J connectivity index is 1.93. The van der Waals surface area contributed by atoms with Gasteiger partial charge in [-0.1, -0.05) is 6.07 Å². The summed E-state index contributed by atoms with van der Waals surface area (Å²) in [5, 5.41) is 9.27. The molecular formula is C15H19FN2O2. The Morgan fingerprint density at radius 3 is 2.85 bits per heavy atom. The number of halogens is 1. The molecule has 2 heterocycles. The Bertz CT molecular complexity index is 521. The van der Waals surface area contributed by atoms with E-state index in [-0.39, 0.29) is 11.3 Å². The standard InChI is InChI=1S/C15H19FN2O2/c16-13-6-1-5-12(15(19)20)14(13)18-9-3-8-17-7-2-4-11(17)10-18/h1,5-6,11H,2-4,7-10H2,(H,19,20). The van der Waals surface area contributed by atoms with E-state index in [9.17, 15) is 14.3 Å². The van der Waals surface area contributed by atoms with Gasteiger partial charge in [-0.25, -0.2) is 9.18 Å². The third kappa shape index (κ3) is 2.38. The first-order valence-electron chi connectivity index (χ1n) is 7.17. The van der Waals surface area contributed by atoms with Crippen molar-refractivity contribution in [1.29, 1.82) is 0 Å². The highest BCUT2D eigenvalue weighted by molar-refractivity contribution is 5.94. The van der Waals surface area contributed by atoms with E-state index in [2.05, 4.69) is 4.90 Å². The largest absolute Gasteiger partial charge is 0.478 e. The van der Waals surface area contributed by atoms with Crippen molar-refractivity contribution in [3.8, 4) is 0 Å². The molecule has 0 amide bonds. The fourth-order valence-electron chi connectivity index (χ4n) is 3.42. The second-order valence-electron chi connectivity index (χ2n) is 5.57. The Hall–Kier alpha value is -1.62. The molecule has 1 N–H and O–H groups in total. The maximum atomic E-state index is 14.2. The van der Waals surface area contributed by atoms with Crippen LogP contribution < -0.4 is 4.90 Å². The molecule has 0 saturated carbocycles. The minimum atomic E-state index is -1.06. The molecule has 0 spiro atoms. The SMILES string of the molecule is O=C(O)c1cccc(F)c1N1CCCN2CCCC2C1. The van der Waals surface area contributed by atoms with E-state index in [1.165, 1.54) is 24.6 Å². The number of carboxylic acid groups (broad SMARTS) is 1. The Morgan fingerprint density at radius 1 is 1.25 bits per heavy atom. The number of carboxylic acids is 1. The lowest BCUT2D eigenvalue weighted by Crippen LogP contribution is -2.37. The van der Waals surface area contributed by atoms with Gasteiger partial charge in [-0.05, 0) is 37.9 Å². The molecule has 2 aliphatic heterocycles. The van der Waals surface area contributed by atoms with Gasteiger partial charge in [0, 0.05) is 25.7 Å². The summed E-state index contributed by atoms with van der Waals surface area (Å²) in [7, 11) is 0. The fourth-order valence-corrected chi connectivity index (χ4v) is 3.42. The lowest BCUT2D eigenvalue weighted by Gasteiger charge is -2.28. The zero-order valence-electron chi connectivity index (χ0n) is 11.4. The Morgan fingerprint density at radius 2 is 2.05 bits per heavy atom. The summed E-state index contributed by atoms with van der Waals surface area (Å²) >= 11 is 0. The predicted octanol–water partition coefficient (Wildman–Crippen LogP) is 2.20. The molecule has 1 aromatic rings. The quantitative estimate of drug-likeness (QED) is 0.900. The molecule has 4 nitrogen and oxygen atoms in total. The van der Waals surface area contributed by atoms with Crippen LogP contribution in [0.1, 0.15) is 29.6 Å². The summed E-state index contributed by atoms with van der Waals surface area (Å²) in [6, 6.07) is 4.72. The third-order valence-corrected chi connectivity index (χ3v) is 4.34. The number of anilines is 1. The van der Waals surface area contributed by atoms with Gasteiger partial charge in [-0.15, -0.1) is 0 Å². The Kier molecular flexibility index (Phi) is 3.61. The van der Waals surface area contributed by atoms with Crippen molar-refractivity contribution in [2.45, 2.75) is 25.3 Å². The second kappa shape index (κ2) is 5.40. The van der Waals surface area contributed by atoms with Crippen molar-refractivity contribution in [1.82, 2.24) is 4.90 Å². The Labute approximate surface area is 117 Å². The van der Waals surface area contributed by atoms with Crippen LogP contribution in [-0.4, -0.2) is 48.2 Å². The molecule has 0 radical (unpaired) electrons. The summed E-state index contributed by atoms with van der Waals surface area (Å²) in [6.45, 7) is 3.58. The van der Waals surface area contributed by atoms with Crippen molar-refractivity contribution >= 4 is 11.7 Å². The van der Waals surface area contributed by atoms with Crippen LogP contribution in [0.5, 0.6) is 0 Å². The van der Waals surface area contributed by atoms with E-state index in [4.69, 9.17) is 0 Å². The molecule has 0 aliphatic carbocycles. The third-order valence-electron chi connectivity index (χ3n) is 4.34. The molecule has 2 saturated heterocycles. The van der Waals surface area contributed by atoms with E-state index >= 15 is 0 Å². The minimum Gasteiger partial charge on any atom is -0.478 e. The molecule has 5 heteroatoms. The lowest BCUT2D eigenvalue weighted by molar-refractivity contribution is 0.0697. The summed E-state index contributed by atoms with van der Waals surface area (Å²) in [5.41, 5.74) is 0.324. The predicted molar refractivity (Wildman–Crippen MR) is 74.8 cm³/mol. The van der Waals surface area contributed by atoms with E-state index in [0.717, 1.165) is 32.5 Å². The smallest absolute Gasteiger partial charge is 0.337 e. The highest BCUT2D eigenvalue weighted by Gasteiger charge is 2.31. The number of aromatic carboxylic acids is 1. The van der Waals surface area contributed by atoms with Gasteiger partial charge < -0.3 is 10.0 Å². The maximum absolute atomic E-state index is 14.2. The van der Waals surface area contributed by atoms with Crippen LogP contribution in [0.4, 0.5) is 10.1 Å². The monoisotopic (exact) mass is 278 g/mol. The average Bonchev–Trinajstić information content (AvgIpc) is 2.76. The summed E-state index contributed by atoms with van der Waals surface area (Å²) in [5.74, 6) is -1.50. The van der Waals surface area contributed by atoms with Gasteiger partial charge in [0.05, 0.1) is 11.3 Å². The highest BCUT2D eigenvalue weighted by atomic mass is 19.1. The number of benzene rings is 1. The fraction of sp³-hybridized carbons (Fsp3) is 0.533. The molecule has 2 aliphatic rings. The molecule has 1 atom stereocenters. The van der Waals surface area contributed by atoms with Crippen molar-refractivity contribution in [2.75, 3.05) is 31.1 Å². The zero-order chi connectivity index (χ0) is 14.1. The number of nitrogens with zero attached hydrogens (tertiary/aromatic N) is 2. The van der Waals surface area contributed by atoms with E-state index in [1.54, 1.807) is 0 Å². The van der Waals surface area contributed by atoms with Gasteiger partial charge in [0.25, 0.3) is 0 Å². The van der Waals surface area contributed by atoms with Crippen LogP contribution in [0.15, 0.2) is 18.2 Å². The first-order valence-corrected chi connectivity index (χ1v) is 7.17. The lowest BCUT2D eigenvalue weighted by atomic mass is 10.1. The molecule has 3 rings (SSSR count). The van der Waals surface area contributed by atoms with Gasteiger partial charge >= 0.3 is 5.97 Å². The van der Waals surface area contributed by atoms with Gasteiger partial charge in [0.1, 0.15) is 5.82 Å². The zero-order valence-corrected chi connectivity index (χ0v) is 11.4. The number of carbonyl (C=O) groups is 1. The summed E-state index contributed by atoms with van der Waals surface area (Å²) < 4.78 is 14.2. The van der Waals surface area contributed by atoms with E-state index in [1.807, 2.05) is 4.90 Å². The molecule has 108 valence electrons. The van der Waals surface area contributed by atoms with Crippen molar-refractivity contribution in [2.24, 2.45) is 0 Å². The number of para-hydroxylation sites is 1. The number of rotatable bonds is 2. The maximum Gasteiger partial charge on any atom is 0.337 e. The molecule has 1 aromatic carbocycles. The van der Waals surface area contributed by atoms with E-state index < -0.39 is 11.8 Å². The van der Waals surface area contributed by atoms with Crippen LogP contribution >= 0.6 is 0 Å². The second-order valence-corrected chi connectivity index (χ2v) is 5.57. The first-order chi connectivity index (χ1) is 9.66. The van der Waals surface area contributed by atoms with Crippen LogP contribution in [-0.2, 0) is 0 Å². The number of hydrogen-bond acceptors (Lipinski definition) is 3. The van der Waals surface area contributed by atoms with Gasteiger partial charge in [-0.3, -0.25) is 4.90 Å². The van der Waals surface area contributed by atoms with Crippen molar-refractivity contribution < 1.29 is 14.3 Å². The molecule has 1 unspecified atom stereocenters. The normalized spacial score (nSPS) is 23.4. The van der Waals surface area contributed by atoms with E-state index in [0.29, 0.717) is 12.6 Å². The van der Waals surface area contributed by atoms with Gasteiger partial charge in [-0.2, -0.15) is 0 Å². The van der Waals surface area contributed by atoms with Gasteiger partial charge in [0.2, 0.25) is 0 Å². The summed E-state index contributed by atoms with van der Waals surface area (Å²) in [4.78, 5) is 15.7. The highest BCUT2D eigenvalue weighted by Crippen LogP contribution is 2.29. The average molecular weight is 278 g/mol.